The number of aromatic amines is 1. The van der Waals surface area contributed by atoms with Crippen LogP contribution in [0.5, 0.6) is 0 Å². The summed E-state index contributed by atoms with van der Waals surface area (Å²) in [6.07, 6.45) is 4.36. The molecule has 2 aromatic rings. The molecule has 1 unspecified atom stereocenters. The number of likely N-dealkylation sites (tertiary alicyclic amines) is 1. The molecule has 138 valence electrons. The van der Waals surface area contributed by atoms with Gasteiger partial charge < -0.3 is 4.90 Å². The number of rotatable bonds is 5. The van der Waals surface area contributed by atoms with Gasteiger partial charge in [0.25, 0.3) is 0 Å². The first-order valence-electron chi connectivity index (χ1n) is 9.23. The summed E-state index contributed by atoms with van der Waals surface area (Å²) in [4.78, 5) is 20.6. The quantitative estimate of drug-likeness (QED) is 0.711. The highest BCUT2D eigenvalue weighted by Crippen LogP contribution is 2.38. The molecule has 2 fully saturated rings. The van der Waals surface area contributed by atoms with Gasteiger partial charge in [0.2, 0.25) is 5.91 Å². The van der Waals surface area contributed by atoms with E-state index in [1.54, 1.807) is 11.8 Å². The van der Waals surface area contributed by atoms with Gasteiger partial charge in [0.15, 0.2) is 5.82 Å². The third kappa shape index (κ3) is 4.14. The van der Waals surface area contributed by atoms with Gasteiger partial charge in [-0.3, -0.25) is 9.89 Å². The van der Waals surface area contributed by atoms with E-state index in [0.717, 1.165) is 46.9 Å². The predicted octanol–water partition coefficient (Wildman–Crippen LogP) is 4.33. The maximum atomic E-state index is 12.8. The Labute approximate surface area is 166 Å². The lowest BCUT2D eigenvalue weighted by molar-refractivity contribution is -0.131. The monoisotopic (exact) mass is 434 g/mol. The molecule has 0 bridgehead atoms. The van der Waals surface area contributed by atoms with Crippen LogP contribution in [0.3, 0.4) is 0 Å². The minimum atomic E-state index is -0.0699. The highest BCUT2D eigenvalue weighted by Gasteiger charge is 2.31. The first-order chi connectivity index (χ1) is 12.6. The summed E-state index contributed by atoms with van der Waals surface area (Å²) >= 11 is 5.07. The van der Waals surface area contributed by atoms with Gasteiger partial charge in [-0.15, -0.1) is 11.8 Å². The van der Waals surface area contributed by atoms with Gasteiger partial charge >= 0.3 is 0 Å². The van der Waals surface area contributed by atoms with Crippen LogP contribution in [0.15, 0.2) is 33.6 Å². The topological polar surface area (TPSA) is 61.9 Å². The summed E-state index contributed by atoms with van der Waals surface area (Å²) in [7, 11) is 0. The molecule has 1 saturated heterocycles. The Kier molecular flexibility index (Phi) is 5.36. The van der Waals surface area contributed by atoms with E-state index in [1.807, 2.05) is 36.1 Å². The van der Waals surface area contributed by atoms with E-state index in [0.29, 0.717) is 11.8 Å². The molecule has 1 aliphatic carbocycles. The smallest absolute Gasteiger partial charge is 0.235 e. The zero-order chi connectivity index (χ0) is 18.1. The van der Waals surface area contributed by atoms with Crippen molar-refractivity contribution in [3.8, 4) is 0 Å². The van der Waals surface area contributed by atoms with Crippen LogP contribution in [0.1, 0.15) is 56.1 Å². The predicted molar refractivity (Wildman–Crippen MR) is 106 cm³/mol. The van der Waals surface area contributed by atoms with Crippen LogP contribution in [0.25, 0.3) is 0 Å². The third-order valence-corrected chi connectivity index (χ3v) is 6.76. The van der Waals surface area contributed by atoms with Crippen molar-refractivity contribution in [1.82, 2.24) is 20.1 Å². The van der Waals surface area contributed by atoms with Crippen LogP contribution < -0.4 is 0 Å². The number of hydrogen-bond acceptors (Lipinski definition) is 4. The molecule has 2 heterocycles. The van der Waals surface area contributed by atoms with E-state index < -0.39 is 0 Å². The first kappa shape index (κ1) is 18.0. The second kappa shape index (κ2) is 7.72. The molecule has 1 aromatic carbocycles. The van der Waals surface area contributed by atoms with E-state index in [2.05, 4.69) is 31.1 Å². The molecule has 1 N–H and O–H groups in total. The minimum Gasteiger partial charge on any atom is -0.342 e. The summed E-state index contributed by atoms with van der Waals surface area (Å²) in [6.45, 7) is 3.60. The number of amides is 1. The van der Waals surface area contributed by atoms with E-state index in [-0.39, 0.29) is 11.2 Å². The number of halogens is 1. The fraction of sp³-hybridized carbons (Fsp3) is 0.526. The maximum Gasteiger partial charge on any atom is 0.235 e. The van der Waals surface area contributed by atoms with Gasteiger partial charge in [-0.05, 0) is 56.9 Å². The Bertz CT molecular complexity index is 766. The summed E-state index contributed by atoms with van der Waals surface area (Å²) in [5, 5.41) is 7.42. The van der Waals surface area contributed by atoms with Crippen molar-refractivity contribution in [2.75, 3.05) is 13.1 Å². The molecule has 5 nitrogen and oxygen atoms in total. The number of H-pyrrole nitrogens is 1. The Hall–Kier alpha value is -1.34. The van der Waals surface area contributed by atoms with E-state index in [4.69, 9.17) is 0 Å². The molecule has 1 aromatic heterocycles. The Morgan fingerprint density at radius 2 is 1.88 bits per heavy atom. The number of nitrogens with one attached hydrogen (secondary N) is 1. The van der Waals surface area contributed by atoms with Gasteiger partial charge in [-0.1, -0.05) is 15.9 Å². The molecular formula is C19H23BrN4OS. The van der Waals surface area contributed by atoms with Gasteiger partial charge in [0.05, 0.1) is 5.25 Å². The Morgan fingerprint density at radius 3 is 2.54 bits per heavy atom. The Morgan fingerprint density at radius 1 is 1.19 bits per heavy atom. The SMILES string of the molecule is CC(Sc1ccc(Br)cc1)C(=O)N1CCC(c2nc(C3CC3)n[nH]2)CC1. The normalized spacial score (nSPS) is 19.5. The van der Waals surface area contributed by atoms with Crippen molar-refractivity contribution in [3.05, 3.63) is 40.4 Å². The standard InChI is InChI=1S/C19H23BrN4OS/c1-12(26-16-6-4-15(20)5-7-16)19(25)24-10-8-14(9-11-24)18-21-17(22-23-18)13-2-3-13/h4-7,12-14H,2-3,8-11H2,1H3,(H,21,22,23). The molecule has 1 aliphatic heterocycles. The average molecular weight is 435 g/mol. The molecule has 7 heteroatoms. The zero-order valence-corrected chi connectivity index (χ0v) is 17.2. The average Bonchev–Trinajstić information content (AvgIpc) is 3.40. The van der Waals surface area contributed by atoms with Crippen LogP contribution in [0, 0.1) is 0 Å². The number of hydrogen-bond donors (Lipinski definition) is 1. The number of thioether (sulfide) groups is 1. The third-order valence-electron chi connectivity index (χ3n) is 5.13. The summed E-state index contributed by atoms with van der Waals surface area (Å²) in [5.74, 6) is 3.20. The molecule has 4 rings (SSSR count). The highest BCUT2D eigenvalue weighted by molar-refractivity contribution is 9.10. The largest absolute Gasteiger partial charge is 0.342 e. The number of piperidine rings is 1. The van der Waals surface area contributed by atoms with Crippen molar-refractivity contribution >= 4 is 33.6 Å². The summed E-state index contributed by atoms with van der Waals surface area (Å²) in [5.41, 5.74) is 0. The van der Waals surface area contributed by atoms with Crippen LogP contribution in [-0.4, -0.2) is 44.3 Å². The van der Waals surface area contributed by atoms with Gasteiger partial charge in [0.1, 0.15) is 5.82 Å². The molecule has 2 aliphatic rings. The maximum absolute atomic E-state index is 12.8. The van der Waals surface area contributed by atoms with E-state index in [9.17, 15) is 4.79 Å². The van der Waals surface area contributed by atoms with Crippen molar-refractivity contribution in [1.29, 1.82) is 0 Å². The van der Waals surface area contributed by atoms with Crippen LogP contribution in [-0.2, 0) is 4.79 Å². The number of benzene rings is 1. The van der Waals surface area contributed by atoms with Gasteiger partial charge in [0, 0.05) is 34.3 Å². The first-order valence-corrected chi connectivity index (χ1v) is 10.9. The number of carbonyl (C=O) groups is 1. The molecule has 1 atom stereocenters. The Balaban J connectivity index is 1.30. The molecule has 0 radical (unpaired) electrons. The van der Waals surface area contributed by atoms with E-state index in [1.165, 1.54) is 12.8 Å². The number of aromatic nitrogens is 3. The second-order valence-electron chi connectivity index (χ2n) is 7.17. The lowest BCUT2D eigenvalue weighted by Gasteiger charge is -2.32. The van der Waals surface area contributed by atoms with Crippen LogP contribution in [0.2, 0.25) is 0 Å². The van der Waals surface area contributed by atoms with Gasteiger partial charge in [-0.25, -0.2) is 4.98 Å². The highest BCUT2D eigenvalue weighted by atomic mass is 79.9. The summed E-state index contributed by atoms with van der Waals surface area (Å²) in [6, 6.07) is 8.12. The van der Waals surface area contributed by atoms with Gasteiger partial charge in [-0.2, -0.15) is 5.10 Å². The second-order valence-corrected chi connectivity index (χ2v) is 9.50. The number of nitrogens with zero attached hydrogens (tertiary/aromatic N) is 3. The van der Waals surface area contributed by atoms with E-state index >= 15 is 0 Å². The van der Waals surface area contributed by atoms with Crippen molar-refractivity contribution in [2.45, 2.75) is 54.6 Å². The zero-order valence-electron chi connectivity index (χ0n) is 14.8. The van der Waals surface area contributed by atoms with Crippen molar-refractivity contribution < 1.29 is 4.79 Å². The van der Waals surface area contributed by atoms with Crippen LogP contribution in [0.4, 0.5) is 0 Å². The number of carbonyl (C=O) groups excluding carboxylic acids is 1. The molecule has 26 heavy (non-hydrogen) atoms. The molecule has 0 spiro atoms. The lowest BCUT2D eigenvalue weighted by Crippen LogP contribution is -2.41. The molecule has 1 saturated carbocycles. The van der Waals surface area contributed by atoms with Crippen LogP contribution >= 0.6 is 27.7 Å². The molecule has 1 amide bonds. The summed E-state index contributed by atoms with van der Waals surface area (Å²) < 4.78 is 1.06. The minimum absolute atomic E-state index is 0.0699. The van der Waals surface area contributed by atoms with Crippen molar-refractivity contribution in [2.24, 2.45) is 0 Å². The fourth-order valence-electron chi connectivity index (χ4n) is 3.39. The van der Waals surface area contributed by atoms with Crippen molar-refractivity contribution in [3.63, 3.8) is 0 Å². The lowest BCUT2D eigenvalue weighted by atomic mass is 9.96. The fourth-order valence-corrected chi connectivity index (χ4v) is 4.61. The molecular weight excluding hydrogens is 412 g/mol.